The van der Waals surface area contributed by atoms with E-state index < -0.39 is 10.9 Å². The van der Waals surface area contributed by atoms with Gasteiger partial charge in [-0.05, 0) is 16.4 Å². The van der Waals surface area contributed by atoms with E-state index in [-0.39, 0.29) is 21.9 Å². The minimum Gasteiger partial charge on any atom is -0.481 e. The van der Waals surface area contributed by atoms with Crippen molar-refractivity contribution in [3.63, 3.8) is 0 Å². The number of carbonyl (C=O) groups is 1. The van der Waals surface area contributed by atoms with E-state index in [4.69, 9.17) is 5.11 Å². The molecule has 0 amide bonds. The van der Waals surface area contributed by atoms with Gasteiger partial charge in [0.25, 0.3) is 5.69 Å². The Morgan fingerprint density at radius 1 is 1.53 bits per heavy atom. The smallest absolute Gasteiger partial charge is 0.313 e. The van der Waals surface area contributed by atoms with Gasteiger partial charge in [0.15, 0.2) is 5.52 Å². The quantitative estimate of drug-likeness (QED) is 0.493. The first-order chi connectivity index (χ1) is 8.09. The van der Waals surface area contributed by atoms with Crippen LogP contribution >= 0.6 is 11.8 Å². The first kappa shape index (κ1) is 11.3. The van der Waals surface area contributed by atoms with Gasteiger partial charge < -0.3 is 5.11 Å². The Morgan fingerprint density at radius 3 is 2.94 bits per heavy atom. The molecule has 0 atom stereocenters. The molecule has 88 valence electrons. The van der Waals surface area contributed by atoms with Crippen molar-refractivity contribution in [2.75, 3.05) is 5.75 Å². The number of rotatable bonds is 4. The van der Waals surface area contributed by atoms with Crippen molar-refractivity contribution in [1.29, 1.82) is 0 Å². The maximum Gasteiger partial charge on any atom is 0.313 e. The molecular formula is C8H5N3O5S. The lowest BCUT2D eigenvalue weighted by Gasteiger charge is -2.00. The molecule has 0 aliphatic rings. The third-order valence-corrected chi connectivity index (χ3v) is 2.98. The summed E-state index contributed by atoms with van der Waals surface area (Å²) in [4.78, 5) is 20.8. The molecule has 9 heteroatoms. The second-order valence-electron chi connectivity index (χ2n) is 2.99. The number of nitro benzene ring substituents is 1. The van der Waals surface area contributed by atoms with E-state index in [1.165, 1.54) is 12.1 Å². The molecule has 0 aliphatic carbocycles. The Balaban J connectivity index is 2.52. The molecule has 0 aliphatic heterocycles. The summed E-state index contributed by atoms with van der Waals surface area (Å²) in [5.74, 6) is -1.37. The maximum atomic E-state index is 10.8. The summed E-state index contributed by atoms with van der Waals surface area (Å²) in [5.41, 5.74) is 0.341. The molecule has 2 rings (SSSR count). The van der Waals surface area contributed by atoms with Crippen LogP contribution in [0.1, 0.15) is 0 Å². The number of benzene rings is 1. The lowest BCUT2D eigenvalue weighted by atomic mass is 10.3. The number of fused-ring (bicyclic) bond motifs is 1. The van der Waals surface area contributed by atoms with E-state index >= 15 is 0 Å². The van der Waals surface area contributed by atoms with Gasteiger partial charge in [-0.25, -0.2) is 4.63 Å². The van der Waals surface area contributed by atoms with Crippen LogP contribution in [0.15, 0.2) is 21.7 Å². The predicted molar refractivity (Wildman–Crippen MR) is 56.8 cm³/mol. The summed E-state index contributed by atoms with van der Waals surface area (Å²) in [6.45, 7) is 0. The van der Waals surface area contributed by atoms with Crippen LogP contribution in [0.3, 0.4) is 0 Å². The van der Waals surface area contributed by atoms with E-state index in [9.17, 15) is 14.9 Å². The van der Waals surface area contributed by atoms with Gasteiger partial charge in [0.1, 0.15) is 10.4 Å². The SMILES string of the molecule is O=C(O)CSc1c([N+](=O)[O-])ccc2nonc12. The maximum absolute atomic E-state index is 10.8. The van der Waals surface area contributed by atoms with Crippen LogP contribution in [0.5, 0.6) is 0 Å². The van der Waals surface area contributed by atoms with Crippen LogP contribution in [0, 0.1) is 10.1 Å². The van der Waals surface area contributed by atoms with E-state index in [1.54, 1.807) is 0 Å². The minimum atomic E-state index is -1.07. The molecule has 0 fully saturated rings. The monoisotopic (exact) mass is 255 g/mol. The molecule has 0 spiro atoms. The van der Waals surface area contributed by atoms with Gasteiger partial charge in [0.2, 0.25) is 0 Å². The van der Waals surface area contributed by atoms with Crippen molar-refractivity contribution in [1.82, 2.24) is 10.3 Å². The molecule has 0 saturated carbocycles. The van der Waals surface area contributed by atoms with Crippen molar-refractivity contribution in [2.24, 2.45) is 0 Å². The fourth-order valence-corrected chi connectivity index (χ4v) is 2.07. The second-order valence-corrected chi connectivity index (χ2v) is 3.97. The Kier molecular flexibility index (Phi) is 2.91. The molecule has 1 aromatic carbocycles. The summed E-state index contributed by atoms with van der Waals surface area (Å²) >= 11 is 0.814. The van der Waals surface area contributed by atoms with Crippen LogP contribution in [-0.2, 0) is 4.79 Å². The number of aliphatic carboxylic acids is 1. The van der Waals surface area contributed by atoms with Crippen molar-refractivity contribution in [2.45, 2.75) is 4.90 Å². The predicted octanol–water partition coefficient (Wildman–Crippen LogP) is 1.31. The summed E-state index contributed by atoms with van der Waals surface area (Å²) in [6.07, 6.45) is 0. The van der Waals surface area contributed by atoms with E-state index in [0.717, 1.165) is 11.8 Å². The average molecular weight is 255 g/mol. The Bertz CT molecular complexity index is 596. The summed E-state index contributed by atoms with van der Waals surface area (Å²) < 4.78 is 4.46. The minimum absolute atomic E-state index is 0.149. The first-order valence-electron chi connectivity index (χ1n) is 4.34. The van der Waals surface area contributed by atoms with Crippen LogP contribution in [0.4, 0.5) is 5.69 Å². The normalized spacial score (nSPS) is 10.6. The van der Waals surface area contributed by atoms with E-state index in [2.05, 4.69) is 14.9 Å². The Labute approximate surface area is 97.7 Å². The molecule has 0 saturated heterocycles. The molecule has 17 heavy (non-hydrogen) atoms. The van der Waals surface area contributed by atoms with Gasteiger partial charge in [-0.1, -0.05) is 0 Å². The molecular weight excluding hydrogens is 250 g/mol. The molecule has 1 aromatic heterocycles. The fourth-order valence-electron chi connectivity index (χ4n) is 1.24. The van der Waals surface area contributed by atoms with Gasteiger partial charge in [-0.3, -0.25) is 14.9 Å². The molecule has 0 radical (unpaired) electrons. The van der Waals surface area contributed by atoms with Gasteiger partial charge >= 0.3 is 5.97 Å². The number of carboxylic acids is 1. The second kappa shape index (κ2) is 4.37. The number of hydrogen-bond acceptors (Lipinski definition) is 7. The lowest BCUT2D eigenvalue weighted by molar-refractivity contribution is -0.387. The molecule has 1 N–H and O–H groups in total. The van der Waals surface area contributed by atoms with Gasteiger partial charge in [0.05, 0.1) is 10.7 Å². The van der Waals surface area contributed by atoms with Gasteiger partial charge in [-0.2, -0.15) is 0 Å². The number of carboxylic acid groups (broad SMARTS) is 1. The van der Waals surface area contributed by atoms with Crippen LogP contribution < -0.4 is 0 Å². The number of nitro groups is 1. The number of nitrogens with zero attached hydrogens (tertiary/aromatic N) is 3. The third kappa shape index (κ3) is 2.18. The Morgan fingerprint density at radius 2 is 2.29 bits per heavy atom. The topological polar surface area (TPSA) is 119 Å². The zero-order valence-electron chi connectivity index (χ0n) is 8.19. The summed E-state index contributed by atoms with van der Waals surface area (Å²) in [7, 11) is 0. The van der Waals surface area contributed by atoms with Crippen LogP contribution in [0.25, 0.3) is 11.0 Å². The summed E-state index contributed by atoms with van der Waals surface area (Å²) in [6, 6.07) is 2.64. The van der Waals surface area contributed by atoms with Crippen molar-refractivity contribution in [3.05, 3.63) is 22.2 Å². The highest BCUT2D eigenvalue weighted by atomic mass is 32.2. The van der Waals surface area contributed by atoms with Crippen LogP contribution in [-0.4, -0.2) is 32.1 Å². The van der Waals surface area contributed by atoms with E-state index in [1.807, 2.05) is 0 Å². The molecule has 0 unspecified atom stereocenters. The lowest BCUT2D eigenvalue weighted by Crippen LogP contribution is -1.99. The standard InChI is InChI=1S/C8H5N3O5S/c12-6(13)3-17-8-5(11(14)15)2-1-4-7(8)10-16-9-4/h1-2H,3H2,(H,12,13). The highest BCUT2D eigenvalue weighted by Crippen LogP contribution is 2.34. The van der Waals surface area contributed by atoms with Crippen LogP contribution in [0.2, 0.25) is 0 Å². The highest BCUT2D eigenvalue weighted by Gasteiger charge is 2.21. The van der Waals surface area contributed by atoms with Gasteiger partial charge in [0, 0.05) is 6.07 Å². The number of aromatic nitrogens is 2. The highest BCUT2D eigenvalue weighted by molar-refractivity contribution is 8.00. The molecule has 2 aromatic rings. The fraction of sp³-hybridized carbons (Fsp3) is 0.125. The average Bonchev–Trinajstić information content (AvgIpc) is 2.73. The molecule has 0 bridgehead atoms. The molecule has 1 heterocycles. The molecule has 8 nitrogen and oxygen atoms in total. The van der Waals surface area contributed by atoms with E-state index in [0.29, 0.717) is 5.52 Å². The largest absolute Gasteiger partial charge is 0.481 e. The van der Waals surface area contributed by atoms with Crippen molar-refractivity contribution < 1.29 is 19.5 Å². The van der Waals surface area contributed by atoms with Gasteiger partial charge in [-0.15, -0.1) is 11.8 Å². The zero-order chi connectivity index (χ0) is 12.4. The van der Waals surface area contributed by atoms with Crippen molar-refractivity contribution in [3.8, 4) is 0 Å². The number of hydrogen-bond donors (Lipinski definition) is 1. The zero-order valence-corrected chi connectivity index (χ0v) is 9.01. The Hall–Kier alpha value is -2.16. The third-order valence-electron chi connectivity index (χ3n) is 1.90. The number of thioether (sulfide) groups is 1. The summed E-state index contributed by atoms with van der Waals surface area (Å²) in [5, 5.41) is 26.4. The van der Waals surface area contributed by atoms with Crippen molar-refractivity contribution >= 4 is 34.5 Å². The first-order valence-corrected chi connectivity index (χ1v) is 5.32.